The van der Waals surface area contributed by atoms with Gasteiger partial charge in [0.05, 0.1) is 5.92 Å². The molecule has 3 aromatic rings. The molecule has 154 valence electrons. The van der Waals surface area contributed by atoms with E-state index in [0.717, 1.165) is 50.0 Å². The van der Waals surface area contributed by atoms with Crippen molar-refractivity contribution in [1.29, 1.82) is 0 Å². The molecule has 2 aromatic carbocycles. The van der Waals surface area contributed by atoms with Crippen molar-refractivity contribution >= 4 is 11.9 Å². The summed E-state index contributed by atoms with van der Waals surface area (Å²) in [6, 6.07) is 20.7. The first-order chi connectivity index (χ1) is 14.6. The Labute approximate surface area is 176 Å². The number of amides is 1. The van der Waals surface area contributed by atoms with E-state index in [-0.39, 0.29) is 17.2 Å². The minimum atomic E-state index is -0.0513. The Morgan fingerprint density at radius 3 is 2.37 bits per heavy atom. The van der Waals surface area contributed by atoms with E-state index in [1.165, 1.54) is 0 Å². The summed E-state index contributed by atoms with van der Waals surface area (Å²) < 4.78 is 5.56. The van der Waals surface area contributed by atoms with E-state index in [9.17, 15) is 4.79 Å². The average molecular weight is 402 g/mol. The molecule has 2 fully saturated rings. The fraction of sp³-hybridized carbons (Fsp3) is 0.375. The molecule has 2 aliphatic rings. The van der Waals surface area contributed by atoms with Crippen LogP contribution < -0.4 is 4.90 Å². The molecule has 5 rings (SSSR count). The first-order valence-electron chi connectivity index (χ1n) is 10.6. The van der Waals surface area contributed by atoms with E-state index in [1.807, 2.05) is 60.5 Å². The normalized spacial score (nSPS) is 21.2. The van der Waals surface area contributed by atoms with Crippen molar-refractivity contribution in [3.8, 4) is 11.4 Å². The summed E-state index contributed by atoms with van der Waals surface area (Å²) >= 11 is 0. The molecule has 0 aliphatic carbocycles. The van der Waals surface area contributed by atoms with E-state index in [2.05, 4.69) is 27.2 Å². The lowest BCUT2D eigenvalue weighted by molar-refractivity contribution is -0.138. The van der Waals surface area contributed by atoms with E-state index in [1.54, 1.807) is 0 Å². The van der Waals surface area contributed by atoms with Crippen LogP contribution in [0.5, 0.6) is 0 Å². The Morgan fingerprint density at radius 2 is 1.67 bits per heavy atom. The molecule has 1 spiro atoms. The van der Waals surface area contributed by atoms with E-state index >= 15 is 0 Å². The Kier molecular flexibility index (Phi) is 4.77. The molecule has 1 atom stereocenters. The number of benzene rings is 2. The number of likely N-dealkylation sites (tertiary alicyclic amines) is 1. The number of hydrogen-bond acceptors (Lipinski definition) is 5. The van der Waals surface area contributed by atoms with Gasteiger partial charge in [0.2, 0.25) is 11.7 Å². The average Bonchev–Trinajstić information content (AvgIpc) is 3.28. The van der Waals surface area contributed by atoms with Gasteiger partial charge in [-0.2, -0.15) is 4.98 Å². The Balaban J connectivity index is 1.30. The van der Waals surface area contributed by atoms with Gasteiger partial charge >= 0.3 is 6.01 Å². The van der Waals surface area contributed by atoms with Gasteiger partial charge in [-0.05, 0) is 30.2 Å². The third-order valence-electron chi connectivity index (χ3n) is 6.63. The zero-order valence-electron chi connectivity index (χ0n) is 17.2. The molecule has 1 aromatic heterocycles. The first-order valence-corrected chi connectivity index (χ1v) is 10.6. The molecule has 1 amide bonds. The van der Waals surface area contributed by atoms with Gasteiger partial charge in [0.25, 0.3) is 0 Å². The van der Waals surface area contributed by atoms with Gasteiger partial charge < -0.3 is 14.3 Å². The second-order valence-corrected chi connectivity index (χ2v) is 8.62. The standard InChI is InChI=1S/C24H26N4O2/c1-27-17-24(16-20(22(27)29)18-8-4-2-5-9-18)12-14-28(15-13-24)23-25-21(26-30-23)19-10-6-3-7-11-19/h2-11,20H,12-17H2,1H3. The number of rotatable bonds is 3. The number of anilines is 1. The quantitative estimate of drug-likeness (QED) is 0.663. The lowest BCUT2D eigenvalue weighted by Gasteiger charge is -2.48. The van der Waals surface area contributed by atoms with Crippen LogP contribution in [0.1, 0.15) is 30.7 Å². The van der Waals surface area contributed by atoms with Crippen molar-refractivity contribution in [3.05, 3.63) is 66.2 Å². The predicted molar refractivity (Wildman–Crippen MR) is 115 cm³/mol. The molecule has 2 aliphatic heterocycles. The summed E-state index contributed by atoms with van der Waals surface area (Å²) in [6.45, 7) is 2.54. The van der Waals surface area contributed by atoms with Crippen LogP contribution in [0.4, 0.5) is 6.01 Å². The minimum Gasteiger partial charge on any atom is -0.345 e. The third kappa shape index (κ3) is 3.47. The first kappa shape index (κ1) is 18.9. The van der Waals surface area contributed by atoms with Gasteiger partial charge in [0, 0.05) is 32.2 Å². The second kappa shape index (κ2) is 7.59. The summed E-state index contributed by atoms with van der Waals surface area (Å²) in [5.74, 6) is 0.807. The molecule has 6 nitrogen and oxygen atoms in total. The van der Waals surface area contributed by atoms with Crippen LogP contribution in [0.25, 0.3) is 11.4 Å². The maximum absolute atomic E-state index is 12.9. The van der Waals surface area contributed by atoms with Gasteiger partial charge in [-0.15, -0.1) is 0 Å². The van der Waals surface area contributed by atoms with Crippen molar-refractivity contribution in [1.82, 2.24) is 15.0 Å². The van der Waals surface area contributed by atoms with Crippen molar-refractivity contribution in [3.63, 3.8) is 0 Å². The molecule has 0 N–H and O–H groups in total. The lowest BCUT2D eigenvalue weighted by Crippen LogP contribution is -2.52. The molecule has 6 heteroatoms. The van der Waals surface area contributed by atoms with Gasteiger partial charge in [0.1, 0.15) is 0 Å². The highest BCUT2D eigenvalue weighted by molar-refractivity contribution is 5.84. The Bertz CT molecular complexity index is 1010. The van der Waals surface area contributed by atoms with Crippen LogP contribution in [-0.2, 0) is 4.79 Å². The largest absolute Gasteiger partial charge is 0.345 e. The third-order valence-corrected chi connectivity index (χ3v) is 6.63. The number of hydrogen-bond donors (Lipinski definition) is 0. The Hall–Kier alpha value is -3.15. The van der Waals surface area contributed by atoms with Crippen molar-refractivity contribution < 1.29 is 9.32 Å². The number of piperidine rings is 2. The molecule has 0 saturated carbocycles. The van der Waals surface area contributed by atoms with E-state index in [0.29, 0.717) is 11.8 Å². The number of likely N-dealkylation sites (N-methyl/N-ethyl adjacent to an activating group) is 1. The zero-order valence-corrected chi connectivity index (χ0v) is 17.2. The molecule has 3 heterocycles. The topological polar surface area (TPSA) is 62.5 Å². The van der Waals surface area contributed by atoms with Crippen LogP contribution >= 0.6 is 0 Å². The zero-order chi connectivity index (χ0) is 20.6. The monoisotopic (exact) mass is 402 g/mol. The molecular formula is C24H26N4O2. The van der Waals surface area contributed by atoms with Gasteiger partial charge in [-0.3, -0.25) is 4.79 Å². The smallest absolute Gasteiger partial charge is 0.324 e. The fourth-order valence-electron chi connectivity index (χ4n) is 4.96. The maximum atomic E-state index is 12.9. The second-order valence-electron chi connectivity index (χ2n) is 8.62. The highest BCUT2D eigenvalue weighted by atomic mass is 16.5. The van der Waals surface area contributed by atoms with Gasteiger partial charge in [0.15, 0.2) is 0 Å². The summed E-state index contributed by atoms with van der Waals surface area (Å²) in [4.78, 5) is 21.6. The van der Waals surface area contributed by atoms with Crippen LogP contribution in [-0.4, -0.2) is 47.6 Å². The number of aromatic nitrogens is 2. The molecule has 0 bridgehead atoms. The maximum Gasteiger partial charge on any atom is 0.324 e. The summed E-state index contributed by atoms with van der Waals surface area (Å²) in [7, 11) is 1.94. The predicted octanol–water partition coefficient (Wildman–Crippen LogP) is 3.97. The highest BCUT2D eigenvalue weighted by Crippen LogP contribution is 2.45. The minimum absolute atomic E-state index is 0.0513. The summed E-state index contributed by atoms with van der Waals surface area (Å²) in [5.41, 5.74) is 2.22. The SMILES string of the molecule is CN1CC2(CCN(c3nc(-c4ccccc4)no3)CC2)CC(c2ccccc2)C1=O. The lowest BCUT2D eigenvalue weighted by atomic mass is 9.68. The summed E-state index contributed by atoms with van der Waals surface area (Å²) in [5, 5.41) is 4.16. The van der Waals surface area contributed by atoms with Crippen LogP contribution in [0, 0.1) is 5.41 Å². The van der Waals surface area contributed by atoms with Crippen LogP contribution in [0.15, 0.2) is 65.2 Å². The molecule has 1 unspecified atom stereocenters. The summed E-state index contributed by atoms with van der Waals surface area (Å²) in [6.07, 6.45) is 2.93. The fourth-order valence-corrected chi connectivity index (χ4v) is 4.96. The molecule has 0 radical (unpaired) electrons. The van der Waals surface area contributed by atoms with E-state index in [4.69, 9.17) is 4.52 Å². The van der Waals surface area contributed by atoms with Crippen molar-refractivity contribution in [2.24, 2.45) is 5.41 Å². The van der Waals surface area contributed by atoms with Crippen LogP contribution in [0.3, 0.4) is 0 Å². The van der Waals surface area contributed by atoms with Gasteiger partial charge in [-0.1, -0.05) is 65.8 Å². The number of carbonyl (C=O) groups excluding carboxylic acids is 1. The molecule has 30 heavy (non-hydrogen) atoms. The molecular weight excluding hydrogens is 376 g/mol. The van der Waals surface area contributed by atoms with Crippen molar-refractivity contribution in [2.75, 3.05) is 31.6 Å². The Morgan fingerprint density at radius 1 is 1.00 bits per heavy atom. The van der Waals surface area contributed by atoms with Gasteiger partial charge in [-0.25, -0.2) is 0 Å². The number of carbonyl (C=O) groups is 1. The molecule has 2 saturated heterocycles. The van der Waals surface area contributed by atoms with E-state index < -0.39 is 0 Å². The number of nitrogens with zero attached hydrogens (tertiary/aromatic N) is 4. The highest BCUT2D eigenvalue weighted by Gasteiger charge is 2.45. The van der Waals surface area contributed by atoms with Crippen molar-refractivity contribution in [2.45, 2.75) is 25.2 Å². The van der Waals surface area contributed by atoms with Crippen LogP contribution in [0.2, 0.25) is 0 Å².